The van der Waals surface area contributed by atoms with Crippen LogP contribution in [0.5, 0.6) is 0 Å². The smallest absolute Gasteiger partial charge is 0.422 e. The first-order chi connectivity index (χ1) is 9.75. The van der Waals surface area contributed by atoms with Gasteiger partial charge in [0, 0.05) is 6.42 Å². The van der Waals surface area contributed by atoms with Crippen molar-refractivity contribution in [1.29, 1.82) is 0 Å². The van der Waals surface area contributed by atoms with E-state index in [-0.39, 0.29) is 25.0 Å². The normalized spacial score (nSPS) is 11.5. The molecule has 0 N–H and O–H groups in total. The number of carbonyl (C=O) groups excluding carboxylic acids is 1. The van der Waals surface area contributed by atoms with Gasteiger partial charge in [-0.2, -0.15) is 13.2 Å². The van der Waals surface area contributed by atoms with Crippen LogP contribution in [0.3, 0.4) is 0 Å². The Bertz CT molecular complexity index is 474. The van der Waals surface area contributed by atoms with Crippen molar-refractivity contribution < 1.29 is 31.5 Å². The number of benzene rings is 1. The molecule has 0 atom stereocenters. The van der Waals surface area contributed by atoms with E-state index in [1.165, 1.54) is 0 Å². The van der Waals surface area contributed by atoms with Crippen molar-refractivity contribution in [2.75, 3.05) is 6.61 Å². The van der Waals surface area contributed by atoms with Crippen LogP contribution >= 0.6 is 0 Å². The molecule has 0 unspecified atom stereocenters. The summed E-state index contributed by atoms with van der Waals surface area (Å²) < 4.78 is 68.6. The highest BCUT2D eigenvalue weighted by molar-refractivity contribution is 5.69. The van der Waals surface area contributed by atoms with Gasteiger partial charge in [-0.05, 0) is 30.5 Å². The SMILES string of the molecule is CCCCOC(=O)CCc1cc(F)c(C(F)(F)F)c(F)c1. The van der Waals surface area contributed by atoms with Crippen LogP contribution in [-0.2, 0) is 22.1 Å². The summed E-state index contributed by atoms with van der Waals surface area (Å²) in [6, 6.07) is 1.18. The van der Waals surface area contributed by atoms with Crippen molar-refractivity contribution in [2.24, 2.45) is 0 Å². The molecule has 0 heterocycles. The second-order valence-corrected chi connectivity index (χ2v) is 4.51. The summed E-state index contributed by atoms with van der Waals surface area (Å²) in [5, 5.41) is 0. The van der Waals surface area contributed by atoms with Gasteiger partial charge in [0.05, 0.1) is 6.61 Å². The van der Waals surface area contributed by atoms with E-state index in [2.05, 4.69) is 0 Å². The lowest BCUT2D eigenvalue weighted by atomic mass is 10.1. The predicted octanol–water partition coefficient (Wildman–Crippen LogP) is 4.26. The first-order valence-electron chi connectivity index (χ1n) is 6.46. The molecule has 1 aromatic carbocycles. The van der Waals surface area contributed by atoms with E-state index >= 15 is 0 Å². The number of unbranched alkanes of at least 4 members (excludes halogenated alkanes) is 1. The van der Waals surface area contributed by atoms with Gasteiger partial charge in [0.1, 0.15) is 17.2 Å². The fourth-order valence-electron chi connectivity index (χ4n) is 1.69. The molecule has 118 valence electrons. The fraction of sp³-hybridized carbons (Fsp3) is 0.500. The third-order valence-corrected chi connectivity index (χ3v) is 2.76. The number of hydrogen-bond acceptors (Lipinski definition) is 2. The largest absolute Gasteiger partial charge is 0.466 e. The summed E-state index contributed by atoms with van der Waals surface area (Å²) in [7, 11) is 0. The fourth-order valence-corrected chi connectivity index (χ4v) is 1.69. The van der Waals surface area contributed by atoms with Crippen molar-refractivity contribution in [2.45, 2.75) is 38.8 Å². The Kier molecular flexibility index (Phi) is 6.11. The Balaban J connectivity index is 2.68. The van der Waals surface area contributed by atoms with Gasteiger partial charge in [-0.25, -0.2) is 8.78 Å². The van der Waals surface area contributed by atoms with E-state index in [1.54, 1.807) is 0 Å². The van der Waals surface area contributed by atoms with Crippen LogP contribution in [0.15, 0.2) is 12.1 Å². The van der Waals surface area contributed by atoms with Crippen LogP contribution in [-0.4, -0.2) is 12.6 Å². The quantitative estimate of drug-likeness (QED) is 0.446. The lowest BCUT2D eigenvalue weighted by Crippen LogP contribution is -2.12. The molecule has 0 saturated carbocycles. The Morgan fingerprint density at radius 2 is 1.76 bits per heavy atom. The molecule has 1 rings (SSSR count). The minimum atomic E-state index is -5.09. The van der Waals surface area contributed by atoms with E-state index in [4.69, 9.17) is 4.74 Å². The van der Waals surface area contributed by atoms with Crippen LogP contribution in [0.4, 0.5) is 22.0 Å². The average Bonchev–Trinajstić information content (AvgIpc) is 2.34. The zero-order valence-electron chi connectivity index (χ0n) is 11.4. The average molecular weight is 310 g/mol. The number of rotatable bonds is 6. The van der Waals surface area contributed by atoms with Crippen molar-refractivity contribution in [3.63, 3.8) is 0 Å². The Morgan fingerprint density at radius 1 is 1.19 bits per heavy atom. The third kappa shape index (κ3) is 5.32. The standard InChI is InChI=1S/C14H15F5O2/c1-2-3-6-21-12(20)5-4-9-7-10(15)13(11(16)8-9)14(17,18)19/h7-8H,2-6H2,1H3. The molecule has 0 aromatic heterocycles. The molecule has 1 aromatic rings. The van der Waals surface area contributed by atoms with Crippen LogP contribution in [0, 0.1) is 11.6 Å². The molecule has 0 saturated heterocycles. The van der Waals surface area contributed by atoms with E-state index in [9.17, 15) is 26.7 Å². The zero-order valence-corrected chi connectivity index (χ0v) is 11.4. The Morgan fingerprint density at radius 3 is 2.24 bits per heavy atom. The van der Waals surface area contributed by atoms with Gasteiger partial charge < -0.3 is 4.74 Å². The summed E-state index contributed by atoms with van der Waals surface area (Å²) >= 11 is 0. The van der Waals surface area contributed by atoms with Crippen LogP contribution in [0.25, 0.3) is 0 Å². The molecular weight excluding hydrogens is 295 g/mol. The molecular formula is C14H15F5O2. The maximum absolute atomic E-state index is 13.3. The molecule has 0 aliphatic rings. The minimum Gasteiger partial charge on any atom is -0.466 e. The monoisotopic (exact) mass is 310 g/mol. The first-order valence-corrected chi connectivity index (χ1v) is 6.46. The van der Waals surface area contributed by atoms with Gasteiger partial charge in [0.2, 0.25) is 0 Å². The summed E-state index contributed by atoms with van der Waals surface area (Å²) in [5.41, 5.74) is -1.94. The second-order valence-electron chi connectivity index (χ2n) is 4.51. The summed E-state index contributed by atoms with van der Waals surface area (Å²) in [4.78, 5) is 11.3. The minimum absolute atomic E-state index is 0.0227. The molecule has 0 aliphatic heterocycles. The first kappa shape index (κ1) is 17.4. The molecule has 0 bridgehead atoms. The number of carbonyl (C=O) groups is 1. The van der Waals surface area contributed by atoms with Crippen molar-refractivity contribution in [3.8, 4) is 0 Å². The highest BCUT2D eigenvalue weighted by Crippen LogP contribution is 2.34. The number of esters is 1. The van der Waals surface area contributed by atoms with Crippen LogP contribution < -0.4 is 0 Å². The molecule has 0 aliphatic carbocycles. The summed E-state index contributed by atoms with van der Waals surface area (Å²) in [6.45, 7) is 2.17. The van der Waals surface area contributed by atoms with Gasteiger partial charge in [-0.1, -0.05) is 13.3 Å². The van der Waals surface area contributed by atoms with Crippen molar-refractivity contribution >= 4 is 5.97 Å². The van der Waals surface area contributed by atoms with Crippen molar-refractivity contribution in [1.82, 2.24) is 0 Å². The molecule has 21 heavy (non-hydrogen) atoms. The highest BCUT2D eigenvalue weighted by Gasteiger charge is 2.37. The predicted molar refractivity (Wildman–Crippen MR) is 65.5 cm³/mol. The van der Waals surface area contributed by atoms with E-state index in [0.717, 1.165) is 6.42 Å². The number of halogens is 5. The number of ether oxygens (including phenoxy) is 1. The van der Waals surface area contributed by atoms with Crippen LogP contribution in [0.2, 0.25) is 0 Å². The molecule has 2 nitrogen and oxygen atoms in total. The topological polar surface area (TPSA) is 26.3 Å². The number of aryl methyl sites for hydroxylation is 1. The Labute approximate surface area is 118 Å². The zero-order chi connectivity index (χ0) is 16.0. The summed E-state index contributed by atoms with van der Waals surface area (Å²) in [5.74, 6) is -3.92. The highest BCUT2D eigenvalue weighted by atomic mass is 19.4. The number of alkyl halides is 3. The molecule has 0 spiro atoms. The van der Waals surface area contributed by atoms with Gasteiger partial charge >= 0.3 is 12.1 Å². The maximum Gasteiger partial charge on any atom is 0.422 e. The van der Waals surface area contributed by atoms with Gasteiger partial charge in [0.15, 0.2) is 0 Å². The lowest BCUT2D eigenvalue weighted by Gasteiger charge is -2.11. The lowest BCUT2D eigenvalue weighted by molar-refractivity contribution is -0.144. The van der Waals surface area contributed by atoms with E-state index < -0.39 is 29.3 Å². The molecule has 0 radical (unpaired) electrons. The summed E-state index contributed by atoms with van der Waals surface area (Å²) in [6.07, 6.45) is -3.77. The van der Waals surface area contributed by atoms with Gasteiger partial charge in [-0.3, -0.25) is 4.79 Å². The van der Waals surface area contributed by atoms with Gasteiger partial charge in [0.25, 0.3) is 0 Å². The maximum atomic E-state index is 13.3. The molecule has 0 fully saturated rings. The third-order valence-electron chi connectivity index (χ3n) is 2.76. The Hall–Kier alpha value is -1.66. The van der Waals surface area contributed by atoms with Crippen LogP contribution in [0.1, 0.15) is 37.3 Å². The van der Waals surface area contributed by atoms with E-state index in [0.29, 0.717) is 18.6 Å². The van der Waals surface area contributed by atoms with E-state index in [1.807, 2.05) is 6.92 Å². The number of hydrogen-bond donors (Lipinski definition) is 0. The molecule has 7 heteroatoms. The second kappa shape index (κ2) is 7.38. The van der Waals surface area contributed by atoms with Gasteiger partial charge in [-0.15, -0.1) is 0 Å². The van der Waals surface area contributed by atoms with Crippen molar-refractivity contribution in [3.05, 3.63) is 34.9 Å². The molecule has 0 amide bonds.